The van der Waals surface area contributed by atoms with Crippen LogP contribution in [0.25, 0.3) is 0 Å². The van der Waals surface area contributed by atoms with Crippen LogP contribution in [0.3, 0.4) is 0 Å². The van der Waals surface area contributed by atoms with Gasteiger partial charge >= 0.3 is 0 Å². The van der Waals surface area contributed by atoms with Gasteiger partial charge in [0.2, 0.25) is 15.9 Å². The van der Waals surface area contributed by atoms with Crippen molar-refractivity contribution in [2.45, 2.75) is 29.1 Å². The van der Waals surface area contributed by atoms with Gasteiger partial charge in [-0.25, -0.2) is 16.8 Å². The van der Waals surface area contributed by atoms with E-state index in [9.17, 15) is 21.6 Å². The standard InChI is InChI=1S/C22H25N3O5S2/c23-17-18-7-9-21(10-8-18)32(29,30)25-14-11-19(12-15-25)22(26)24-13-4-16-31(27,28)20-5-2-1-3-6-20/h1-3,5-10,19H,4,11-16H2,(H,24,26). The van der Waals surface area contributed by atoms with E-state index in [2.05, 4.69) is 5.32 Å². The first kappa shape index (κ1) is 23.9. The van der Waals surface area contributed by atoms with Gasteiger partial charge in [-0.15, -0.1) is 0 Å². The van der Waals surface area contributed by atoms with E-state index in [1.807, 2.05) is 6.07 Å². The molecular weight excluding hydrogens is 450 g/mol. The number of nitrogens with zero attached hydrogens (tertiary/aromatic N) is 2. The SMILES string of the molecule is N#Cc1ccc(S(=O)(=O)N2CCC(C(=O)NCCCS(=O)(=O)c3ccccc3)CC2)cc1. The van der Waals surface area contributed by atoms with E-state index in [0.717, 1.165) is 0 Å². The minimum Gasteiger partial charge on any atom is -0.356 e. The molecule has 1 aliphatic rings. The molecule has 1 saturated heterocycles. The Labute approximate surface area is 188 Å². The summed E-state index contributed by atoms with van der Waals surface area (Å²) in [6.07, 6.45) is 1.09. The van der Waals surface area contributed by atoms with Gasteiger partial charge in [-0.05, 0) is 55.7 Å². The highest BCUT2D eigenvalue weighted by Crippen LogP contribution is 2.24. The third-order valence-corrected chi connectivity index (χ3v) is 9.17. The Balaban J connectivity index is 1.45. The van der Waals surface area contributed by atoms with Crippen LogP contribution in [0.2, 0.25) is 0 Å². The largest absolute Gasteiger partial charge is 0.356 e. The second-order valence-corrected chi connectivity index (χ2v) is 11.6. The highest BCUT2D eigenvalue weighted by Gasteiger charge is 2.32. The van der Waals surface area contributed by atoms with Crippen molar-refractivity contribution in [2.24, 2.45) is 5.92 Å². The maximum absolute atomic E-state index is 12.8. The second kappa shape index (κ2) is 10.3. The van der Waals surface area contributed by atoms with Crippen LogP contribution >= 0.6 is 0 Å². The molecule has 8 nitrogen and oxygen atoms in total. The summed E-state index contributed by atoms with van der Waals surface area (Å²) in [5.74, 6) is -0.552. The molecule has 2 aromatic carbocycles. The first-order valence-corrected chi connectivity index (χ1v) is 13.4. The Morgan fingerprint density at radius 2 is 1.59 bits per heavy atom. The van der Waals surface area contributed by atoms with Crippen LogP contribution < -0.4 is 5.32 Å². The predicted octanol–water partition coefficient (Wildman–Crippen LogP) is 1.94. The maximum Gasteiger partial charge on any atom is 0.243 e. The first-order valence-electron chi connectivity index (χ1n) is 10.3. The molecule has 0 aromatic heterocycles. The normalized spacial score (nSPS) is 15.7. The van der Waals surface area contributed by atoms with Crippen molar-refractivity contribution in [1.82, 2.24) is 9.62 Å². The van der Waals surface area contributed by atoms with Crippen molar-refractivity contribution < 1.29 is 21.6 Å². The van der Waals surface area contributed by atoms with Gasteiger partial charge in [-0.3, -0.25) is 4.79 Å². The quantitative estimate of drug-likeness (QED) is 0.582. The molecule has 10 heteroatoms. The van der Waals surface area contributed by atoms with Crippen molar-refractivity contribution in [3.05, 3.63) is 60.2 Å². The molecule has 3 rings (SSSR count). The summed E-state index contributed by atoms with van der Waals surface area (Å²) in [7, 11) is -7.05. The van der Waals surface area contributed by atoms with Gasteiger partial charge in [-0.2, -0.15) is 9.57 Å². The summed E-state index contributed by atoms with van der Waals surface area (Å²) in [5.41, 5.74) is 0.385. The van der Waals surface area contributed by atoms with E-state index in [0.29, 0.717) is 24.8 Å². The van der Waals surface area contributed by atoms with Crippen molar-refractivity contribution in [3.8, 4) is 6.07 Å². The molecule has 2 aromatic rings. The number of piperidine rings is 1. The summed E-state index contributed by atoms with van der Waals surface area (Å²) >= 11 is 0. The minimum absolute atomic E-state index is 0.0570. The lowest BCUT2D eigenvalue weighted by molar-refractivity contribution is -0.126. The van der Waals surface area contributed by atoms with E-state index in [1.54, 1.807) is 30.3 Å². The average Bonchev–Trinajstić information content (AvgIpc) is 2.82. The summed E-state index contributed by atoms with van der Waals surface area (Å²) in [4.78, 5) is 12.8. The molecule has 170 valence electrons. The third kappa shape index (κ3) is 5.73. The number of nitriles is 1. The van der Waals surface area contributed by atoms with Gasteiger partial charge in [-0.1, -0.05) is 18.2 Å². The van der Waals surface area contributed by atoms with Gasteiger partial charge < -0.3 is 5.32 Å². The number of hydrogen-bond acceptors (Lipinski definition) is 6. The van der Waals surface area contributed by atoms with Gasteiger partial charge in [0.1, 0.15) is 0 Å². The lowest BCUT2D eigenvalue weighted by atomic mass is 9.97. The lowest BCUT2D eigenvalue weighted by Gasteiger charge is -2.30. The highest BCUT2D eigenvalue weighted by atomic mass is 32.2. The van der Waals surface area contributed by atoms with Crippen LogP contribution in [0.15, 0.2) is 64.4 Å². The smallest absolute Gasteiger partial charge is 0.243 e. The number of rotatable bonds is 8. The van der Waals surface area contributed by atoms with Crippen LogP contribution in [-0.2, 0) is 24.7 Å². The average molecular weight is 476 g/mol. The zero-order valence-electron chi connectivity index (χ0n) is 17.5. The second-order valence-electron chi connectivity index (χ2n) is 7.59. The van der Waals surface area contributed by atoms with Gasteiger partial charge in [0.05, 0.1) is 27.2 Å². The van der Waals surface area contributed by atoms with E-state index in [1.165, 1.54) is 28.6 Å². The number of benzene rings is 2. The van der Waals surface area contributed by atoms with E-state index < -0.39 is 19.9 Å². The molecule has 1 heterocycles. The molecule has 1 aliphatic heterocycles. The highest BCUT2D eigenvalue weighted by molar-refractivity contribution is 7.91. The summed E-state index contributed by atoms with van der Waals surface area (Å²) in [5, 5.41) is 11.6. The Kier molecular flexibility index (Phi) is 7.66. The molecule has 1 N–H and O–H groups in total. The fourth-order valence-corrected chi connectivity index (χ4v) is 6.37. The number of sulfone groups is 1. The monoisotopic (exact) mass is 475 g/mol. The number of hydrogen-bond donors (Lipinski definition) is 1. The van der Waals surface area contributed by atoms with Crippen LogP contribution in [0.4, 0.5) is 0 Å². The Morgan fingerprint density at radius 3 is 2.19 bits per heavy atom. The lowest BCUT2D eigenvalue weighted by Crippen LogP contribution is -2.43. The molecule has 0 radical (unpaired) electrons. The topological polar surface area (TPSA) is 124 Å². The van der Waals surface area contributed by atoms with Gasteiger partial charge in [0.15, 0.2) is 9.84 Å². The molecule has 0 spiro atoms. The number of carbonyl (C=O) groups excluding carboxylic acids is 1. The summed E-state index contributed by atoms with van der Waals surface area (Å²) in [6.45, 7) is 0.695. The fourth-order valence-electron chi connectivity index (χ4n) is 3.57. The van der Waals surface area contributed by atoms with Crippen LogP contribution in [0.1, 0.15) is 24.8 Å². The Bertz CT molecular complexity index is 1180. The maximum atomic E-state index is 12.8. The summed E-state index contributed by atoms with van der Waals surface area (Å²) < 4.78 is 51.4. The third-order valence-electron chi connectivity index (χ3n) is 5.44. The molecule has 0 unspecified atom stereocenters. The van der Waals surface area contributed by atoms with E-state index >= 15 is 0 Å². The zero-order chi connectivity index (χ0) is 23.2. The molecule has 0 atom stereocenters. The molecule has 0 aliphatic carbocycles. The van der Waals surface area contributed by atoms with Crippen molar-refractivity contribution in [1.29, 1.82) is 5.26 Å². The molecule has 1 fully saturated rings. The number of nitrogens with one attached hydrogen (secondary N) is 1. The number of carbonyl (C=O) groups is 1. The van der Waals surface area contributed by atoms with Gasteiger partial charge in [0, 0.05) is 25.6 Å². The molecular formula is C22H25N3O5S2. The minimum atomic E-state index is -3.67. The number of amides is 1. The fraction of sp³-hybridized carbons (Fsp3) is 0.364. The summed E-state index contributed by atoms with van der Waals surface area (Å²) in [6, 6.07) is 15.9. The van der Waals surface area contributed by atoms with Crippen molar-refractivity contribution in [3.63, 3.8) is 0 Å². The predicted molar refractivity (Wildman–Crippen MR) is 119 cm³/mol. The number of sulfonamides is 1. The van der Waals surface area contributed by atoms with Crippen molar-refractivity contribution in [2.75, 3.05) is 25.4 Å². The molecule has 32 heavy (non-hydrogen) atoms. The van der Waals surface area contributed by atoms with Crippen molar-refractivity contribution >= 4 is 25.8 Å². The van der Waals surface area contributed by atoms with Gasteiger partial charge in [0.25, 0.3) is 0 Å². The Morgan fingerprint density at radius 1 is 0.969 bits per heavy atom. The van der Waals surface area contributed by atoms with E-state index in [4.69, 9.17) is 5.26 Å². The molecule has 1 amide bonds. The first-order chi connectivity index (χ1) is 15.2. The Hall–Kier alpha value is -2.74. The van der Waals surface area contributed by atoms with Crippen LogP contribution in [0.5, 0.6) is 0 Å². The molecule has 0 bridgehead atoms. The van der Waals surface area contributed by atoms with Crippen LogP contribution in [-0.4, -0.2) is 52.4 Å². The zero-order valence-corrected chi connectivity index (χ0v) is 19.1. The molecule has 0 saturated carbocycles. The van der Waals surface area contributed by atoms with E-state index in [-0.39, 0.29) is 47.0 Å². The van der Waals surface area contributed by atoms with Crippen LogP contribution in [0, 0.1) is 17.2 Å².